The molecular weight excluding hydrogens is 366 g/mol. The van der Waals surface area contributed by atoms with Crippen molar-refractivity contribution < 1.29 is 9.21 Å². The highest BCUT2D eigenvalue weighted by atomic mass is 32.1. The molecule has 3 aromatic rings. The summed E-state index contributed by atoms with van der Waals surface area (Å²) in [5.74, 6) is 1.09. The number of carbonyl (C=O) groups excluding carboxylic acids is 1. The first-order chi connectivity index (χ1) is 12.8. The second-order valence-corrected chi connectivity index (χ2v) is 8.25. The zero-order chi connectivity index (χ0) is 17.8. The molecule has 0 saturated carbocycles. The molecule has 4 heterocycles. The number of furan rings is 1. The van der Waals surface area contributed by atoms with Gasteiger partial charge in [-0.2, -0.15) is 0 Å². The average molecular weight is 388 g/mol. The van der Waals surface area contributed by atoms with Gasteiger partial charge in [-0.1, -0.05) is 6.07 Å². The highest BCUT2D eigenvalue weighted by molar-refractivity contribution is 7.13. The van der Waals surface area contributed by atoms with Gasteiger partial charge in [0.15, 0.2) is 10.8 Å². The minimum Gasteiger partial charge on any atom is -0.462 e. The highest BCUT2D eigenvalue weighted by Gasteiger charge is 2.21. The van der Waals surface area contributed by atoms with Crippen LogP contribution in [-0.2, 0) is 17.8 Å². The largest absolute Gasteiger partial charge is 0.462 e. The molecule has 0 aliphatic carbocycles. The predicted octanol–water partition coefficient (Wildman–Crippen LogP) is 3.74. The number of nitrogens with zero attached hydrogens (tertiary/aromatic N) is 3. The molecule has 1 aliphatic heterocycles. The van der Waals surface area contributed by atoms with Crippen LogP contribution in [0.25, 0.3) is 10.8 Å². The SMILES string of the molecule is O=C(CCc1cccs1)N1CCN(Cc2csc(-c3ccco3)n2)CC1. The fraction of sp³-hybridized carbons (Fsp3) is 0.368. The van der Waals surface area contributed by atoms with Crippen molar-refractivity contribution >= 4 is 28.6 Å². The van der Waals surface area contributed by atoms with Crippen LogP contribution >= 0.6 is 22.7 Å². The number of aryl methyl sites for hydroxylation is 1. The lowest BCUT2D eigenvalue weighted by molar-refractivity contribution is -0.132. The first kappa shape index (κ1) is 17.5. The van der Waals surface area contributed by atoms with Gasteiger partial charge in [-0.3, -0.25) is 9.69 Å². The molecule has 3 aromatic heterocycles. The van der Waals surface area contributed by atoms with Crippen molar-refractivity contribution in [1.29, 1.82) is 0 Å². The number of piperazine rings is 1. The van der Waals surface area contributed by atoms with Crippen LogP contribution in [0.4, 0.5) is 0 Å². The molecule has 26 heavy (non-hydrogen) atoms. The first-order valence-electron chi connectivity index (χ1n) is 8.79. The van der Waals surface area contributed by atoms with E-state index in [-0.39, 0.29) is 5.91 Å². The fourth-order valence-electron chi connectivity index (χ4n) is 3.12. The Hall–Kier alpha value is -1.96. The molecule has 1 saturated heterocycles. The van der Waals surface area contributed by atoms with Gasteiger partial charge in [-0.15, -0.1) is 22.7 Å². The minimum absolute atomic E-state index is 0.270. The summed E-state index contributed by atoms with van der Waals surface area (Å²) in [5, 5.41) is 5.08. The van der Waals surface area contributed by atoms with Gasteiger partial charge >= 0.3 is 0 Å². The summed E-state index contributed by atoms with van der Waals surface area (Å²) in [7, 11) is 0. The molecule has 7 heteroatoms. The molecule has 136 valence electrons. The first-order valence-corrected chi connectivity index (χ1v) is 10.5. The quantitative estimate of drug-likeness (QED) is 0.646. The summed E-state index contributed by atoms with van der Waals surface area (Å²) in [6, 6.07) is 7.95. The van der Waals surface area contributed by atoms with Crippen molar-refractivity contribution in [2.45, 2.75) is 19.4 Å². The Labute approximate surface area is 160 Å². The molecule has 0 N–H and O–H groups in total. The van der Waals surface area contributed by atoms with E-state index in [9.17, 15) is 4.79 Å². The molecule has 0 spiro atoms. The maximum atomic E-state index is 12.4. The van der Waals surface area contributed by atoms with E-state index in [0.29, 0.717) is 6.42 Å². The molecule has 1 aliphatic rings. The van der Waals surface area contributed by atoms with Gasteiger partial charge in [-0.05, 0) is 30.0 Å². The normalized spacial score (nSPS) is 15.5. The third-order valence-corrected chi connectivity index (χ3v) is 6.40. The Morgan fingerprint density at radius 2 is 2.04 bits per heavy atom. The van der Waals surface area contributed by atoms with Gasteiger partial charge in [0.25, 0.3) is 0 Å². The van der Waals surface area contributed by atoms with E-state index in [4.69, 9.17) is 4.42 Å². The lowest BCUT2D eigenvalue weighted by Gasteiger charge is -2.34. The summed E-state index contributed by atoms with van der Waals surface area (Å²) in [4.78, 5) is 22.7. The smallest absolute Gasteiger partial charge is 0.223 e. The number of hydrogen-bond acceptors (Lipinski definition) is 6. The molecule has 1 amide bonds. The van der Waals surface area contributed by atoms with Gasteiger partial charge in [0, 0.05) is 49.4 Å². The van der Waals surface area contributed by atoms with Crippen LogP contribution in [0, 0.1) is 0 Å². The summed E-state index contributed by atoms with van der Waals surface area (Å²) in [6.07, 6.45) is 3.13. The molecule has 0 radical (unpaired) electrons. The number of rotatable bonds is 6. The fourth-order valence-corrected chi connectivity index (χ4v) is 4.61. The maximum Gasteiger partial charge on any atom is 0.223 e. The Morgan fingerprint density at radius 1 is 1.15 bits per heavy atom. The topological polar surface area (TPSA) is 49.6 Å². The number of aromatic nitrogens is 1. The third-order valence-electron chi connectivity index (χ3n) is 4.56. The second-order valence-electron chi connectivity index (χ2n) is 6.36. The lowest BCUT2D eigenvalue weighted by Crippen LogP contribution is -2.48. The van der Waals surface area contributed by atoms with E-state index in [0.717, 1.165) is 55.6 Å². The molecule has 0 aromatic carbocycles. The monoisotopic (exact) mass is 387 g/mol. The van der Waals surface area contributed by atoms with Crippen LogP contribution in [-0.4, -0.2) is 46.9 Å². The van der Waals surface area contributed by atoms with E-state index in [1.165, 1.54) is 4.88 Å². The van der Waals surface area contributed by atoms with Crippen molar-refractivity contribution in [3.63, 3.8) is 0 Å². The summed E-state index contributed by atoms with van der Waals surface area (Å²) >= 11 is 3.33. The zero-order valence-corrected chi connectivity index (χ0v) is 16.1. The van der Waals surface area contributed by atoms with Crippen LogP contribution in [0.2, 0.25) is 0 Å². The number of thiophene rings is 1. The van der Waals surface area contributed by atoms with E-state index in [1.54, 1.807) is 28.9 Å². The predicted molar refractivity (Wildman–Crippen MR) is 104 cm³/mol. The molecule has 5 nitrogen and oxygen atoms in total. The second kappa shape index (κ2) is 8.16. The molecule has 0 bridgehead atoms. The average Bonchev–Trinajstić information content (AvgIpc) is 3.41. The molecule has 4 rings (SSSR count). The van der Waals surface area contributed by atoms with E-state index >= 15 is 0 Å². The molecule has 0 unspecified atom stereocenters. The zero-order valence-electron chi connectivity index (χ0n) is 14.5. The lowest BCUT2D eigenvalue weighted by atomic mass is 10.2. The van der Waals surface area contributed by atoms with Gasteiger partial charge < -0.3 is 9.32 Å². The molecule has 0 atom stereocenters. The Bertz CT molecular complexity index is 819. The molecule has 1 fully saturated rings. The van der Waals surface area contributed by atoms with Gasteiger partial charge in [0.1, 0.15) is 0 Å². The summed E-state index contributed by atoms with van der Waals surface area (Å²) in [6.45, 7) is 4.24. The van der Waals surface area contributed by atoms with Crippen LogP contribution < -0.4 is 0 Å². The number of hydrogen-bond donors (Lipinski definition) is 0. The van der Waals surface area contributed by atoms with Crippen LogP contribution in [0.5, 0.6) is 0 Å². The van der Waals surface area contributed by atoms with Crippen LogP contribution in [0.3, 0.4) is 0 Å². The van der Waals surface area contributed by atoms with E-state index in [1.807, 2.05) is 23.1 Å². The van der Waals surface area contributed by atoms with E-state index < -0.39 is 0 Å². The van der Waals surface area contributed by atoms with Gasteiger partial charge in [0.2, 0.25) is 5.91 Å². The number of thiazole rings is 1. The maximum absolute atomic E-state index is 12.4. The summed E-state index contributed by atoms with van der Waals surface area (Å²) < 4.78 is 5.40. The van der Waals surface area contributed by atoms with Crippen molar-refractivity contribution in [2.75, 3.05) is 26.2 Å². The van der Waals surface area contributed by atoms with Crippen LogP contribution in [0.15, 0.2) is 45.7 Å². The number of amides is 1. The highest BCUT2D eigenvalue weighted by Crippen LogP contribution is 2.24. The third kappa shape index (κ3) is 4.23. The van der Waals surface area contributed by atoms with Gasteiger partial charge in [0.05, 0.1) is 12.0 Å². The minimum atomic E-state index is 0.270. The van der Waals surface area contributed by atoms with Crippen molar-refractivity contribution in [3.8, 4) is 10.8 Å². The number of carbonyl (C=O) groups is 1. The summed E-state index contributed by atoms with van der Waals surface area (Å²) in [5.41, 5.74) is 1.07. The Balaban J connectivity index is 1.24. The Kier molecular flexibility index (Phi) is 5.48. The van der Waals surface area contributed by atoms with E-state index in [2.05, 4.69) is 26.7 Å². The van der Waals surface area contributed by atoms with Crippen LogP contribution in [0.1, 0.15) is 17.0 Å². The van der Waals surface area contributed by atoms with Crippen molar-refractivity contribution in [3.05, 3.63) is 51.9 Å². The van der Waals surface area contributed by atoms with Gasteiger partial charge in [-0.25, -0.2) is 4.98 Å². The Morgan fingerprint density at radius 3 is 2.77 bits per heavy atom. The standard InChI is InChI=1S/C19H21N3O2S2/c23-18(6-5-16-3-2-12-25-16)22-9-7-21(8-10-22)13-15-14-26-19(20-15)17-4-1-11-24-17/h1-4,11-12,14H,5-10,13H2. The molecular formula is C19H21N3O2S2. The van der Waals surface area contributed by atoms with Crippen molar-refractivity contribution in [2.24, 2.45) is 0 Å². The van der Waals surface area contributed by atoms with Crippen molar-refractivity contribution in [1.82, 2.24) is 14.8 Å².